The van der Waals surface area contributed by atoms with E-state index in [9.17, 15) is 19.5 Å². The van der Waals surface area contributed by atoms with E-state index in [1.165, 1.54) is 11.8 Å². The van der Waals surface area contributed by atoms with Gasteiger partial charge in [0.05, 0.1) is 0 Å². The Morgan fingerprint density at radius 2 is 1.77 bits per heavy atom. The van der Waals surface area contributed by atoms with Crippen LogP contribution in [0.3, 0.4) is 0 Å². The molecule has 3 amide bonds. The van der Waals surface area contributed by atoms with Crippen molar-refractivity contribution >= 4 is 17.9 Å². The van der Waals surface area contributed by atoms with Crippen molar-refractivity contribution in [2.24, 2.45) is 5.92 Å². The van der Waals surface area contributed by atoms with Crippen LogP contribution in [-0.4, -0.2) is 45.0 Å². The summed E-state index contributed by atoms with van der Waals surface area (Å²) in [6.07, 6.45) is 2.74. The van der Waals surface area contributed by atoms with E-state index < -0.39 is 17.2 Å². The zero-order chi connectivity index (χ0) is 23.2. The highest BCUT2D eigenvalue weighted by Crippen LogP contribution is 2.42. The molecule has 2 rings (SSSR count). The molecule has 1 unspecified atom stereocenters. The predicted molar refractivity (Wildman–Crippen MR) is 120 cm³/mol. The van der Waals surface area contributed by atoms with Crippen LogP contribution < -0.4 is 10.6 Å². The molecule has 0 bridgehead atoms. The number of hydrogen-bond acceptors (Lipinski definition) is 3. The van der Waals surface area contributed by atoms with Crippen molar-refractivity contribution in [3.63, 3.8) is 0 Å². The highest BCUT2D eigenvalue weighted by molar-refractivity contribution is 5.92. The molecule has 31 heavy (non-hydrogen) atoms. The van der Waals surface area contributed by atoms with E-state index in [0.29, 0.717) is 32.2 Å². The summed E-state index contributed by atoms with van der Waals surface area (Å²) in [4.78, 5) is 38.8. The molecular formula is C24H35N3O4. The normalized spacial score (nSPS) is 20.0. The first-order chi connectivity index (χ1) is 14.5. The molecule has 0 saturated heterocycles. The first kappa shape index (κ1) is 24.4. The summed E-state index contributed by atoms with van der Waals surface area (Å²) < 4.78 is 0. The minimum atomic E-state index is -1.10. The lowest BCUT2D eigenvalue weighted by Gasteiger charge is -2.51. The summed E-state index contributed by atoms with van der Waals surface area (Å²) in [7, 11) is 0. The molecule has 1 atom stereocenters. The maximum absolute atomic E-state index is 13.4. The molecule has 7 heteroatoms. The van der Waals surface area contributed by atoms with Gasteiger partial charge in [0.2, 0.25) is 11.8 Å². The van der Waals surface area contributed by atoms with Crippen molar-refractivity contribution < 1.29 is 19.5 Å². The third kappa shape index (κ3) is 6.32. The number of carbonyl (C=O) groups is 3. The Morgan fingerprint density at radius 3 is 2.26 bits per heavy atom. The zero-order valence-corrected chi connectivity index (χ0v) is 19.0. The number of allylic oxidation sites excluding steroid dienone is 1. The van der Waals surface area contributed by atoms with Crippen molar-refractivity contribution in [1.29, 1.82) is 0 Å². The van der Waals surface area contributed by atoms with Gasteiger partial charge in [-0.2, -0.15) is 0 Å². The van der Waals surface area contributed by atoms with Crippen LogP contribution in [0.1, 0.15) is 58.9 Å². The molecule has 1 aromatic carbocycles. The molecule has 1 aliphatic rings. The van der Waals surface area contributed by atoms with E-state index in [1.54, 1.807) is 6.08 Å². The number of benzene rings is 1. The van der Waals surface area contributed by atoms with Crippen LogP contribution >= 0.6 is 0 Å². The van der Waals surface area contributed by atoms with Crippen LogP contribution in [0.5, 0.6) is 0 Å². The molecule has 0 heterocycles. The topological polar surface area (TPSA) is 98.7 Å². The van der Waals surface area contributed by atoms with Gasteiger partial charge in [0.1, 0.15) is 5.54 Å². The maximum Gasteiger partial charge on any atom is 0.407 e. The molecule has 0 aromatic heterocycles. The minimum absolute atomic E-state index is 0.165. The number of hydrogen-bond donors (Lipinski definition) is 3. The van der Waals surface area contributed by atoms with Crippen LogP contribution in [0, 0.1) is 5.92 Å². The highest BCUT2D eigenvalue weighted by atomic mass is 16.4. The predicted octanol–water partition coefficient (Wildman–Crippen LogP) is 3.70. The van der Waals surface area contributed by atoms with Crippen molar-refractivity contribution in [2.45, 2.75) is 77.0 Å². The van der Waals surface area contributed by atoms with Gasteiger partial charge < -0.3 is 20.6 Å². The average Bonchev–Trinajstić information content (AvgIpc) is 2.62. The smallest absolute Gasteiger partial charge is 0.407 e. The molecule has 0 radical (unpaired) electrons. The summed E-state index contributed by atoms with van der Waals surface area (Å²) >= 11 is 0. The minimum Gasteiger partial charge on any atom is -0.465 e. The average molecular weight is 430 g/mol. The number of nitrogens with one attached hydrogen (secondary N) is 2. The van der Waals surface area contributed by atoms with Crippen LogP contribution in [0.2, 0.25) is 0 Å². The van der Waals surface area contributed by atoms with E-state index >= 15 is 0 Å². The fourth-order valence-corrected chi connectivity index (χ4v) is 4.20. The fraction of sp³-hybridized carbons (Fsp3) is 0.542. The van der Waals surface area contributed by atoms with Gasteiger partial charge in [-0.3, -0.25) is 9.59 Å². The maximum atomic E-state index is 13.4. The molecule has 0 spiro atoms. The first-order valence-corrected chi connectivity index (χ1v) is 10.7. The Labute approximate surface area is 184 Å². The number of carbonyl (C=O) groups excluding carboxylic acids is 2. The van der Waals surface area contributed by atoms with Gasteiger partial charge in [-0.05, 0) is 57.9 Å². The summed E-state index contributed by atoms with van der Waals surface area (Å²) in [5, 5.41) is 15.7. The Balaban J connectivity index is 2.25. The molecule has 1 aromatic rings. The SMILES string of the molecule is C=CCCC(NC(C)=O)(C(=O)NC(C)(C)C)C1CC(N(Cc2ccccc2)C(=O)O)C1. The monoisotopic (exact) mass is 429 g/mol. The third-order valence-corrected chi connectivity index (χ3v) is 5.73. The number of rotatable bonds is 9. The molecule has 1 fully saturated rings. The Hall–Kier alpha value is -2.83. The van der Waals surface area contributed by atoms with E-state index in [4.69, 9.17) is 0 Å². The second kappa shape index (κ2) is 9.98. The summed E-state index contributed by atoms with van der Waals surface area (Å²) in [6.45, 7) is 11.1. The van der Waals surface area contributed by atoms with Gasteiger partial charge in [0, 0.05) is 25.0 Å². The fourth-order valence-electron chi connectivity index (χ4n) is 4.20. The second-order valence-corrected chi connectivity index (χ2v) is 9.40. The number of carboxylic acid groups (broad SMARTS) is 1. The summed E-state index contributed by atoms with van der Waals surface area (Å²) in [6, 6.07) is 9.24. The van der Waals surface area contributed by atoms with Crippen LogP contribution in [-0.2, 0) is 16.1 Å². The van der Waals surface area contributed by atoms with Crippen molar-refractivity contribution in [1.82, 2.24) is 15.5 Å². The zero-order valence-electron chi connectivity index (χ0n) is 19.0. The van der Waals surface area contributed by atoms with Crippen molar-refractivity contribution in [3.05, 3.63) is 48.6 Å². The Morgan fingerprint density at radius 1 is 1.16 bits per heavy atom. The molecule has 0 aliphatic heterocycles. The van der Waals surface area contributed by atoms with E-state index in [1.807, 2.05) is 51.1 Å². The van der Waals surface area contributed by atoms with Gasteiger partial charge in [0.15, 0.2) is 0 Å². The molecule has 1 aliphatic carbocycles. The number of amides is 3. The lowest BCUT2D eigenvalue weighted by molar-refractivity contribution is -0.140. The first-order valence-electron chi connectivity index (χ1n) is 10.7. The third-order valence-electron chi connectivity index (χ3n) is 5.73. The van der Waals surface area contributed by atoms with Gasteiger partial charge in [-0.15, -0.1) is 6.58 Å². The summed E-state index contributed by atoms with van der Waals surface area (Å²) in [5.74, 6) is -0.678. The van der Waals surface area contributed by atoms with E-state index in [-0.39, 0.29) is 23.8 Å². The van der Waals surface area contributed by atoms with Gasteiger partial charge in [0.25, 0.3) is 0 Å². The van der Waals surface area contributed by atoms with Gasteiger partial charge in [-0.1, -0.05) is 36.4 Å². The summed E-state index contributed by atoms with van der Waals surface area (Å²) in [5.41, 5.74) is -0.641. The Bertz CT molecular complexity index is 797. The van der Waals surface area contributed by atoms with Crippen LogP contribution in [0.4, 0.5) is 4.79 Å². The standard InChI is InChI=1S/C24H35N3O4/c1-6-7-13-24(25-17(2)28,21(29)26-23(3,4)5)19-14-20(15-19)27(22(30)31)16-18-11-9-8-10-12-18/h6,8-12,19-20H,1,7,13-16H2,2-5H3,(H,25,28)(H,26,29)(H,30,31). The lowest BCUT2D eigenvalue weighted by Crippen LogP contribution is -2.68. The van der Waals surface area contributed by atoms with Gasteiger partial charge >= 0.3 is 6.09 Å². The molecule has 3 N–H and O–H groups in total. The molecule has 1 saturated carbocycles. The molecular weight excluding hydrogens is 394 g/mol. The van der Waals surface area contributed by atoms with Crippen LogP contribution in [0.25, 0.3) is 0 Å². The molecule has 170 valence electrons. The lowest BCUT2D eigenvalue weighted by atomic mass is 9.64. The van der Waals surface area contributed by atoms with E-state index in [2.05, 4.69) is 17.2 Å². The number of nitrogens with zero attached hydrogens (tertiary/aromatic N) is 1. The van der Waals surface area contributed by atoms with E-state index in [0.717, 1.165) is 5.56 Å². The molecule has 7 nitrogen and oxygen atoms in total. The highest BCUT2D eigenvalue weighted by Gasteiger charge is 2.53. The van der Waals surface area contributed by atoms with Gasteiger partial charge in [-0.25, -0.2) is 4.79 Å². The quantitative estimate of drug-likeness (QED) is 0.521. The Kier molecular flexibility index (Phi) is 7.87. The largest absolute Gasteiger partial charge is 0.465 e. The van der Waals surface area contributed by atoms with Crippen LogP contribution in [0.15, 0.2) is 43.0 Å². The van der Waals surface area contributed by atoms with Crippen molar-refractivity contribution in [2.75, 3.05) is 0 Å². The van der Waals surface area contributed by atoms with Crippen molar-refractivity contribution in [3.8, 4) is 0 Å². The second-order valence-electron chi connectivity index (χ2n) is 9.40.